The molecule has 8 heteroatoms. The summed E-state index contributed by atoms with van der Waals surface area (Å²) >= 11 is 0. The number of hydrogen-bond donors (Lipinski definition) is 0. The van der Waals surface area contributed by atoms with Crippen molar-refractivity contribution in [3.63, 3.8) is 0 Å². The first-order valence-electron chi connectivity index (χ1n) is 11.5. The number of carbonyl (C=O) groups is 1. The number of benzene rings is 3. The number of oxazole rings is 1. The lowest BCUT2D eigenvalue weighted by molar-refractivity contribution is 0.0774. The van der Waals surface area contributed by atoms with Gasteiger partial charge in [-0.25, -0.2) is 4.98 Å². The summed E-state index contributed by atoms with van der Waals surface area (Å²) in [5.41, 5.74) is 3.51. The molecule has 1 atom stereocenters. The van der Waals surface area contributed by atoms with Gasteiger partial charge in [-0.15, -0.1) is 0 Å². The number of methoxy groups -OCH3 is 1. The molecule has 1 fully saturated rings. The Kier molecular flexibility index (Phi) is 5.33. The Morgan fingerprint density at radius 1 is 1.06 bits per heavy atom. The number of hydrogen-bond acceptors (Lipinski definition) is 7. The molecule has 176 valence electrons. The number of para-hydroxylation sites is 2. The zero-order chi connectivity index (χ0) is 23.8. The van der Waals surface area contributed by atoms with E-state index in [0.29, 0.717) is 34.4 Å². The molecule has 0 aliphatic carbocycles. The quantitative estimate of drug-likeness (QED) is 0.359. The number of aromatic nitrogens is 1. The second kappa shape index (κ2) is 8.79. The molecule has 0 radical (unpaired) electrons. The lowest BCUT2D eigenvalue weighted by atomic mass is 10.1. The van der Waals surface area contributed by atoms with Gasteiger partial charge in [-0.05, 0) is 55.3 Å². The van der Waals surface area contributed by atoms with Crippen LogP contribution in [0.1, 0.15) is 23.2 Å². The van der Waals surface area contributed by atoms with Crippen LogP contribution in [0.15, 0.2) is 70.1 Å². The summed E-state index contributed by atoms with van der Waals surface area (Å²) in [7, 11) is 1.55. The van der Waals surface area contributed by atoms with E-state index in [9.17, 15) is 4.79 Å². The van der Waals surface area contributed by atoms with Gasteiger partial charge in [0.2, 0.25) is 12.7 Å². The van der Waals surface area contributed by atoms with E-state index in [-0.39, 0.29) is 18.7 Å². The summed E-state index contributed by atoms with van der Waals surface area (Å²) in [6.07, 6.45) is 3.77. The van der Waals surface area contributed by atoms with Gasteiger partial charge in [0.15, 0.2) is 17.1 Å². The Morgan fingerprint density at radius 2 is 1.91 bits per heavy atom. The van der Waals surface area contributed by atoms with E-state index in [1.165, 1.54) is 0 Å². The first-order valence-corrected chi connectivity index (χ1v) is 11.5. The van der Waals surface area contributed by atoms with Crippen molar-refractivity contribution in [2.24, 2.45) is 4.99 Å². The van der Waals surface area contributed by atoms with Gasteiger partial charge >= 0.3 is 0 Å². The molecule has 1 saturated heterocycles. The number of ether oxygens (including phenoxy) is 3. The molecule has 0 saturated carbocycles. The van der Waals surface area contributed by atoms with Crippen molar-refractivity contribution in [2.75, 3.05) is 20.4 Å². The predicted octanol–water partition coefficient (Wildman–Crippen LogP) is 5.24. The second-order valence-electron chi connectivity index (χ2n) is 8.42. The molecular weight excluding hydrogens is 446 g/mol. The summed E-state index contributed by atoms with van der Waals surface area (Å²) in [5, 5.41) is 0. The molecule has 8 nitrogen and oxygen atoms in total. The number of amides is 1. The molecule has 2 aliphatic heterocycles. The van der Waals surface area contributed by atoms with E-state index < -0.39 is 0 Å². The normalized spacial score (nSPS) is 16.7. The first kappa shape index (κ1) is 21.2. The minimum absolute atomic E-state index is 0.0277. The minimum atomic E-state index is -0.0379. The van der Waals surface area contributed by atoms with E-state index >= 15 is 0 Å². The van der Waals surface area contributed by atoms with Gasteiger partial charge in [-0.2, -0.15) is 0 Å². The fraction of sp³-hybridized carbons (Fsp3) is 0.222. The first-order chi connectivity index (χ1) is 17.2. The highest BCUT2D eigenvalue weighted by atomic mass is 16.7. The van der Waals surface area contributed by atoms with Crippen LogP contribution < -0.4 is 14.2 Å². The second-order valence-corrected chi connectivity index (χ2v) is 8.42. The molecule has 0 spiro atoms. The van der Waals surface area contributed by atoms with Gasteiger partial charge in [-0.3, -0.25) is 9.79 Å². The topological polar surface area (TPSA) is 86.4 Å². The molecule has 0 bridgehead atoms. The SMILES string of the molecule is COc1cc2c(cc1OCOc1ccc(-c3nc4ccccc4o3)cc1)N=C[C@@H]1CCCN1C2=O. The molecule has 1 aromatic heterocycles. The fourth-order valence-corrected chi connectivity index (χ4v) is 4.47. The number of fused-ring (bicyclic) bond motifs is 3. The Balaban J connectivity index is 1.15. The monoisotopic (exact) mass is 469 g/mol. The maximum absolute atomic E-state index is 13.0. The van der Waals surface area contributed by atoms with Crippen molar-refractivity contribution in [1.82, 2.24) is 9.88 Å². The van der Waals surface area contributed by atoms with Crippen molar-refractivity contribution in [3.8, 4) is 28.7 Å². The highest BCUT2D eigenvalue weighted by molar-refractivity contribution is 6.03. The van der Waals surface area contributed by atoms with Crippen molar-refractivity contribution < 1.29 is 23.4 Å². The van der Waals surface area contributed by atoms with E-state index in [0.717, 1.165) is 36.0 Å². The maximum atomic E-state index is 13.0. The molecule has 3 heterocycles. The lowest BCUT2D eigenvalue weighted by Gasteiger charge is -2.20. The third-order valence-electron chi connectivity index (χ3n) is 6.29. The predicted molar refractivity (Wildman–Crippen MR) is 131 cm³/mol. The molecular formula is C27H23N3O5. The average Bonchev–Trinajstić information content (AvgIpc) is 3.52. The molecule has 3 aromatic carbocycles. The fourth-order valence-electron chi connectivity index (χ4n) is 4.47. The summed E-state index contributed by atoms with van der Waals surface area (Å²) in [6, 6.07) is 18.6. The van der Waals surface area contributed by atoms with Crippen LogP contribution in [-0.2, 0) is 0 Å². The number of nitrogens with zero attached hydrogens (tertiary/aromatic N) is 3. The van der Waals surface area contributed by atoms with Crippen molar-refractivity contribution >= 4 is 28.9 Å². The van der Waals surface area contributed by atoms with Crippen molar-refractivity contribution in [3.05, 3.63) is 66.2 Å². The Labute approximate surface area is 201 Å². The molecule has 2 aliphatic rings. The van der Waals surface area contributed by atoms with E-state index in [1.807, 2.05) is 59.6 Å². The Hall–Kier alpha value is -4.33. The Bertz CT molecular complexity index is 1390. The van der Waals surface area contributed by atoms with Gasteiger partial charge < -0.3 is 23.5 Å². The van der Waals surface area contributed by atoms with E-state index in [4.69, 9.17) is 18.6 Å². The maximum Gasteiger partial charge on any atom is 0.256 e. The minimum Gasteiger partial charge on any atom is -0.493 e. The van der Waals surface area contributed by atoms with Crippen LogP contribution in [-0.4, -0.2) is 48.5 Å². The molecule has 6 rings (SSSR count). The van der Waals surface area contributed by atoms with Crippen LogP contribution in [0.2, 0.25) is 0 Å². The summed E-state index contributed by atoms with van der Waals surface area (Å²) in [6.45, 7) is 0.707. The van der Waals surface area contributed by atoms with Crippen LogP contribution in [0, 0.1) is 0 Å². The smallest absolute Gasteiger partial charge is 0.256 e. The van der Waals surface area contributed by atoms with Crippen molar-refractivity contribution in [1.29, 1.82) is 0 Å². The Morgan fingerprint density at radius 3 is 2.74 bits per heavy atom. The molecule has 4 aromatic rings. The largest absolute Gasteiger partial charge is 0.493 e. The molecule has 35 heavy (non-hydrogen) atoms. The van der Waals surface area contributed by atoms with Crippen LogP contribution in [0.25, 0.3) is 22.6 Å². The zero-order valence-corrected chi connectivity index (χ0v) is 19.1. The number of carbonyl (C=O) groups excluding carboxylic acids is 1. The summed E-state index contributed by atoms with van der Waals surface area (Å²) in [5.74, 6) is 2.08. The van der Waals surface area contributed by atoms with Crippen LogP contribution in [0.5, 0.6) is 17.2 Å². The average molecular weight is 469 g/mol. The van der Waals surface area contributed by atoms with Crippen molar-refractivity contribution in [2.45, 2.75) is 18.9 Å². The van der Waals surface area contributed by atoms with E-state index in [1.54, 1.807) is 19.2 Å². The van der Waals surface area contributed by atoms with Gasteiger partial charge in [0.05, 0.1) is 24.4 Å². The standard InChI is InChI=1S/C27H23N3O5/c1-32-24-13-20-22(28-15-18-5-4-12-30(18)27(20)31)14-25(24)34-16-33-19-10-8-17(9-11-19)26-29-21-6-2-3-7-23(21)35-26/h2-3,6-11,13-15,18H,4-5,12,16H2,1H3/t18-/m0/s1. The van der Waals surface area contributed by atoms with Gasteiger partial charge in [-0.1, -0.05) is 12.1 Å². The third kappa shape index (κ3) is 3.97. The third-order valence-corrected chi connectivity index (χ3v) is 6.29. The van der Waals surface area contributed by atoms with Crippen LogP contribution >= 0.6 is 0 Å². The lowest BCUT2D eigenvalue weighted by Crippen LogP contribution is -2.35. The molecule has 1 amide bonds. The molecule has 0 N–H and O–H groups in total. The van der Waals surface area contributed by atoms with Gasteiger partial charge in [0, 0.05) is 24.4 Å². The number of rotatable bonds is 6. The van der Waals surface area contributed by atoms with Gasteiger partial charge in [0.1, 0.15) is 11.3 Å². The van der Waals surface area contributed by atoms with Crippen LogP contribution in [0.4, 0.5) is 5.69 Å². The highest BCUT2D eigenvalue weighted by Gasteiger charge is 2.32. The van der Waals surface area contributed by atoms with Gasteiger partial charge in [0.25, 0.3) is 5.91 Å². The molecule has 0 unspecified atom stereocenters. The zero-order valence-electron chi connectivity index (χ0n) is 19.1. The number of aliphatic imine (C=N–C) groups is 1. The highest BCUT2D eigenvalue weighted by Crippen LogP contribution is 2.38. The summed E-state index contributed by atoms with van der Waals surface area (Å²) in [4.78, 5) is 23.9. The van der Waals surface area contributed by atoms with E-state index in [2.05, 4.69) is 9.98 Å². The summed E-state index contributed by atoms with van der Waals surface area (Å²) < 4.78 is 22.9. The van der Waals surface area contributed by atoms with Crippen LogP contribution in [0.3, 0.4) is 0 Å².